The molecule has 2 aliphatic heterocycles. The first-order valence-corrected chi connectivity index (χ1v) is 12.2. The van der Waals surface area contributed by atoms with Crippen LogP contribution >= 0.6 is 0 Å². The first-order valence-electron chi connectivity index (χ1n) is 12.2. The number of benzene rings is 1. The van der Waals surface area contributed by atoms with E-state index in [1.807, 2.05) is 4.90 Å². The van der Waals surface area contributed by atoms with E-state index in [9.17, 15) is 18.0 Å². The molecule has 0 radical (unpaired) electrons. The predicted molar refractivity (Wildman–Crippen MR) is 121 cm³/mol. The molecule has 0 aromatic heterocycles. The van der Waals surface area contributed by atoms with Crippen LogP contribution in [-0.4, -0.2) is 49.7 Å². The maximum Gasteiger partial charge on any atom is 0.416 e. The number of hydrogen-bond acceptors (Lipinski definition) is 4. The monoisotopic (exact) mass is 462 g/mol. The Morgan fingerprint density at radius 3 is 2.67 bits per heavy atom. The van der Waals surface area contributed by atoms with Crippen molar-refractivity contribution in [2.45, 2.75) is 51.8 Å². The van der Waals surface area contributed by atoms with Gasteiger partial charge in [0.15, 0.2) is 0 Å². The largest absolute Gasteiger partial charge is 0.461 e. The van der Waals surface area contributed by atoms with Crippen molar-refractivity contribution in [2.75, 3.05) is 37.6 Å². The van der Waals surface area contributed by atoms with Crippen LogP contribution in [0.5, 0.6) is 0 Å². The summed E-state index contributed by atoms with van der Waals surface area (Å²) < 4.78 is 45.1. The summed E-state index contributed by atoms with van der Waals surface area (Å²) in [5.41, 5.74) is 1.67. The van der Waals surface area contributed by atoms with Crippen molar-refractivity contribution in [2.24, 2.45) is 23.2 Å². The molecule has 0 amide bonds. The molecule has 33 heavy (non-hydrogen) atoms. The molecule has 2 aliphatic carbocycles. The number of carbonyl (C=O) groups excluding carboxylic acids is 1. The van der Waals surface area contributed by atoms with Crippen molar-refractivity contribution in [3.63, 3.8) is 0 Å². The SMILES string of the molecule is C[C@@H]1CCC[C@]2(C)C[C@@H]3OC(=O)[C@@H](CN4CCN(c5cccc(C(F)(F)F)c5)CC4)[C@@H]3C=C12. The van der Waals surface area contributed by atoms with Crippen molar-refractivity contribution in [1.82, 2.24) is 4.90 Å². The summed E-state index contributed by atoms with van der Waals surface area (Å²) in [6, 6.07) is 5.54. The van der Waals surface area contributed by atoms with E-state index >= 15 is 0 Å². The molecular weight excluding hydrogens is 429 g/mol. The van der Waals surface area contributed by atoms with Crippen molar-refractivity contribution in [3.8, 4) is 0 Å². The average Bonchev–Trinajstić information content (AvgIpc) is 3.06. The number of ether oxygens (including phenoxy) is 1. The van der Waals surface area contributed by atoms with E-state index in [0.717, 1.165) is 25.6 Å². The summed E-state index contributed by atoms with van der Waals surface area (Å²) >= 11 is 0. The van der Waals surface area contributed by atoms with Crippen molar-refractivity contribution in [1.29, 1.82) is 0 Å². The fraction of sp³-hybridized carbons (Fsp3) is 0.654. The van der Waals surface area contributed by atoms with Gasteiger partial charge < -0.3 is 9.64 Å². The Balaban J connectivity index is 1.24. The van der Waals surface area contributed by atoms with Crippen molar-refractivity contribution < 1.29 is 22.7 Å². The van der Waals surface area contributed by atoms with Gasteiger partial charge in [-0.15, -0.1) is 0 Å². The van der Waals surface area contributed by atoms with Crippen LogP contribution in [0.2, 0.25) is 0 Å². The Bertz CT molecular complexity index is 938. The third kappa shape index (κ3) is 4.29. The minimum absolute atomic E-state index is 0.0204. The molecular formula is C26H33F3N2O2. The van der Waals surface area contributed by atoms with Crippen LogP contribution in [0.4, 0.5) is 18.9 Å². The third-order valence-corrected chi connectivity index (χ3v) is 8.45. The lowest BCUT2D eigenvalue weighted by atomic mass is 9.59. The second-order valence-electron chi connectivity index (χ2n) is 10.7. The second-order valence-corrected chi connectivity index (χ2v) is 10.7. The number of carbonyl (C=O) groups is 1. The lowest BCUT2D eigenvalue weighted by Crippen LogP contribution is -2.49. The van der Waals surface area contributed by atoms with E-state index in [4.69, 9.17) is 4.74 Å². The number of alkyl halides is 3. The minimum Gasteiger partial charge on any atom is -0.461 e. The molecule has 0 N–H and O–H groups in total. The molecule has 3 fully saturated rings. The fourth-order valence-electron chi connectivity index (χ4n) is 6.60. The molecule has 0 unspecified atom stereocenters. The summed E-state index contributed by atoms with van der Waals surface area (Å²) in [6.45, 7) is 8.04. The van der Waals surface area contributed by atoms with E-state index < -0.39 is 11.7 Å². The van der Waals surface area contributed by atoms with Gasteiger partial charge in [0.1, 0.15) is 6.10 Å². The molecule has 1 saturated carbocycles. The zero-order chi connectivity index (χ0) is 23.4. The molecule has 2 heterocycles. The van der Waals surface area contributed by atoms with Gasteiger partial charge in [-0.05, 0) is 48.8 Å². The number of rotatable bonds is 3. The number of esters is 1. The molecule has 1 aromatic carbocycles. The lowest BCUT2D eigenvalue weighted by Gasteiger charge is -2.46. The van der Waals surface area contributed by atoms with Crippen LogP contribution in [0.1, 0.15) is 45.1 Å². The quantitative estimate of drug-likeness (QED) is 0.460. The van der Waals surface area contributed by atoms with Gasteiger partial charge >= 0.3 is 12.1 Å². The smallest absolute Gasteiger partial charge is 0.416 e. The second kappa shape index (κ2) is 8.33. The van der Waals surface area contributed by atoms with Gasteiger partial charge in [-0.2, -0.15) is 13.2 Å². The van der Waals surface area contributed by atoms with Gasteiger partial charge in [-0.3, -0.25) is 9.69 Å². The van der Waals surface area contributed by atoms with Crippen LogP contribution in [-0.2, 0) is 15.7 Å². The predicted octanol–water partition coefficient (Wildman–Crippen LogP) is 5.14. The maximum absolute atomic E-state index is 13.1. The number of hydrogen-bond donors (Lipinski definition) is 0. The highest BCUT2D eigenvalue weighted by molar-refractivity contribution is 5.76. The number of piperazine rings is 1. The molecule has 0 bridgehead atoms. The molecule has 4 nitrogen and oxygen atoms in total. The van der Waals surface area contributed by atoms with Crippen LogP contribution in [0.3, 0.4) is 0 Å². The Hall–Kier alpha value is -2.02. The first-order chi connectivity index (χ1) is 15.6. The highest BCUT2D eigenvalue weighted by Crippen LogP contribution is 2.54. The van der Waals surface area contributed by atoms with Gasteiger partial charge in [0.2, 0.25) is 0 Å². The summed E-state index contributed by atoms with van der Waals surface area (Å²) in [7, 11) is 0. The van der Waals surface area contributed by atoms with E-state index in [0.29, 0.717) is 31.2 Å². The van der Waals surface area contributed by atoms with E-state index in [1.165, 1.54) is 37.0 Å². The minimum atomic E-state index is -4.34. The highest BCUT2D eigenvalue weighted by Gasteiger charge is 2.52. The molecule has 7 heteroatoms. The van der Waals surface area contributed by atoms with Crippen LogP contribution in [0.15, 0.2) is 35.9 Å². The van der Waals surface area contributed by atoms with Gasteiger partial charge in [0, 0.05) is 44.3 Å². The number of anilines is 1. The number of allylic oxidation sites excluding steroid dienone is 1. The van der Waals surface area contributed by atoms with Gasteiger partial charge in [0.25, 0.3) is 0 Å². The van der Waals surface area contributed by atoms with Crippen LogP contribution in [0, 0.1) is 23.2 Å². The van der Waals surface area contributed by atoms with Crippen LogP contribution in [0.25, 0.3) is 0 Å². The molecule has 180 valence electrons. The van der Waals surface area contributed by atoms with E-state index in [2.05, 4.69) is 24.8 Å². The Labute approximate surface area is 193 Å². The Morgan fingerprint density at radius 2 is 1.94 bits per heavy atom. The summed E-state index contributed by atoms with van der Waals surface area (Å²) in [6.07, 6.45) is 2.58. The zero-order valence-electron chi connectivity index (χ0n) is 19.4. The highest BCUT2D eigenvalue weighted by atomic mass is 19.4. The first kappa shape index (κ1) is 22.8. The molecule has 1 aromatic rings. The Kier molecular flexibility index (Phi) is 5.74. The van der Waals surface area contributed by atoms with Gasteiger partial charge in [-0.25, -0.2) is 0 Å². The van der Waals surface area contributed by atoms with Gasteiger partial charge in [0.05, 0.1) is 11.5 Å². The molecule has 0 spiro atoms. The zero-order valence-corrected chi connectivity index (χ0v) is 19.4. The standard InChI is InChI=1S/C26H33F3N2O2/c1-17-5-4-8-25(2)15-23-20(14-22(17)25)21(24(32)33-23)16-30-9-11-31(12-10-30)19-7-3-6-18(13-19)26(27,28)29/h3,6-7,13-14,17,20-21,23H,4-5,8-12,15-16H2,1-2H3/t17-,20+,21+,23+,25-/m1/s1. The van der Waals surface area contributed by atoms with E-state index in [1.54, 1.807) is 6.07 Å². The summed E-state index contributed by atoms with van der Waals surface area (Å²) in [5, 5.41) is 0. The Morgan fingerprint density at radius 1 is 1.18 bits per heavy atom. The molecule has 2 saturated heterocycles. The van der Waals surface area contributed by atoms with Gasteiger partial charge in [-0.1, -0.05) is 38.0 Å². The van der Waals surface area contributed by atoms with Crippen LogP contribution < -0.4 is 4.90 Å². The molecule has 5 atom stereocenters. The summed E-state index contributed by atoms with van der Waals surface area (Å²) in [5.74, 6) is 0.470. The van der Waals surface area contributed by atoms with Crippen molar-refractivity contribution in [3.05, 3.63) is 41.5 Å². The van der Waals surface area contributed by atoms with Crippen molar-refractivity contribution >= 4 is 11.7 Å². The topological polar surface area (TPSA) is 32.8 Å². The fourth-order valence-corrected chi connectivity index (χ4v) is 6.60. The molecule has 4 aliphatic rings. The number of nitrogens with zero attached hydrogens (tertiary/aromatic N) is 2. The summed E-state index contributed by atoms with van der Waals surface area (Å²) in [4.78, 5) is 17.1. The number of halogens is 3. The third-order valence-electron chi connectivity index (χ3n) is 8.45. The number of fused-ring (bicyclic) bond motifs is 2. The average molecular weight is 463 g/mol. The maximum atomic E-state index is 13.1. The molecule has 5 rings (SSSR count). The lowest BCUT2D eigenvalue weighted by molar-refractivity contribution is -0.145. The normalized spacial score (nSPS) is 35.0. The van der Waals surface area contributed by atoms with E-state index in [-0.39, 0.29) is 29.3 Å².